The van der Waals surface area contributed by atoms with Crippen LogP contribution < -0.4 is 0 Å². The van der Waals surface area contributed by atoms with Gasteiger partial charge in [-0.2, -0.15) is 0 Å². The monoisotopic (exact) mass is 327 g/mol. The van der Waals surface area contributed by atoms with Crippen LogP contribution in [0.2, 0.25) is 0 Å². The molecule has 110 valence electrons. The van der Waals surface area contributed by atoms with Gasteiger partial charge in [0, 0.05) is 0 Å². The summed E-state index contributed by atoms with van der Waals surface area (Å²) >= 11 is 6.62. The Hall–Kier alpha value is -2.11. The number of hydrogen-bond acceptors (Lipinski definition) is 4. The number of aromatic hydroxyl groups is 1. The first-order chi connectivity index (χ1) is 10.6. The first-order valence-electron chi connectivity index (χ1n) is 6.72. The van der Waals surface area contributed by atoms with E-state index in [-0.39, 0.29) is 11.7 Å². The van der Waals surface area contributed by atoms with Crippen molar-refractivity contribution in [3.05, 3.63) is 70.6 Å². The highest BCUT2D eigenvalue weighted by Crippen LogP contribution is 2.33. The first kappa shape index (κ1) is 14.8. The van der Waals surface area contributed by atoms with Gasteiger partial charge in [0.25, 0.3) is 5.91 Å². The molecule has 1 aliphatic rings. The lowest BCUT2D eigenvalue weighted by atomic mass is 10.2. The lowest BCUT2D eigenvalue weighted by molar-refractivity contribution is -0.122. The summed E-state index contributed by atoms with van der Waals surface area (Å²) in [6.45, 7) is 0.485. The zero-order valence-electron chi connectivity index (χ0n) is 11.6. The fourth-order valence-electron chi connectivity index (χ4n) is 2.12. The van der Waals surface area contributed by atoms with Crippen LogP contribution in [0.3, 0.4) is 0 Å². The van der Waals surface area contributed by atoms with E-state index in [1.807, 2.05) is 30.3 Å². The Morgan fingerprint density at radius 3 is 2.45 bits per heavy atom. The van der Waals surface area contributed by atoms with Crippen molar-refractivity contribution in [2.24, 2.45) is 0 Å². The van der Waals surface area contributed by atoms with Crippen LogP contribution in [0.5, 0.6) is 5.75 Å². The number of carbonyl (C=O) groups is 1. The minimum absolute atomic E-state index is 0.0769. The zero-order valence-corrected chi connectivity index (χ0v) is 13.2. The van der Waals surface area contributed by atoms with E-state index in [0.29, 0.717) is 15.8 Å². The Balaban J connectivity index is 1.80. The summed E-state index contributed by atoms with van der Waals surface area (Å²) in [5.41, 5.74) is 1.91. The molecule has 1 N–H and O–H groups in total. The second kappa shape index (κ2) is 6.34. The second-order valence-electron chi connectivity index (χ2n) is 4.84. The molecule has 1 aliphatic heterocycles. The Morgan fingerprint density at radius 2 is 1.77 bits per heavy atom. The van der Waals surface area contributed by atoms with Gasteiger partial charge >= 0.3 is 0 Å². The predicted molar refractivity (Wildman–Crippen MR) is 93.3 cm³/mol. The molecule has 1 amide bonds. The molecule has 2 aromatic rings. The van der Waals surface area contributed by atoms with Gasteiger partial charge in [-0.3, -0.25) is 9.69 Å². The van der Waals surface area contributed by atoms with Gasteiger partial charge < -0.3 is 5.11 Å². The van der Waals surface area contributed by atoms with Gasteiger partial charge in [-0.25, -0.2) is 0 Å². The van der Waals surface area contributed by atoms with Crippen molar-refractivity contribution in [1.29, 1.82) is 0 Å². The average Bonchev–Trinajstić information content (AvgIpc) is 2.78. The molecule has 3 rings (SSSR count). The molecular weight excluding hydrogens is 314 g/mol. The maximum absolute atomic E-state index is 12.5. The maximum atomic E-state index is 12.5. The molecule has 0 radical (unpaired) electrons. The molecule has 1 heterocycles. The van der Waals surface area contributed by atoms with Crippen molar-refractivity contribution in [3.63, 3.8) is 0 Å². The molecule has 3 nitrogen and oxygen atoms in total. The fraction of sp³-hybridized carbons (Fsp3) is 0.0588. The standard InChI is InChI=1S/C17H13NO2S2/c19-14-8-6-12(7-9-14)10-15-16(20)18(17(21)22-15)11-13-4-2-1-3-5-13/h1-10,19H,11H2. The van der Waals surface area contributed by atoms with Crippen LogP contribution >= 0.6 is 24.0 Å². The van der Waals surface area contributed by atoms with Crippen molar-refractivity contribution in [2.75, 3.05) is 0 Å². The summed E-state index contributed by atoms with van der Waals surface area (Å²) in [6, 6.07) is 16.5. The van der Waals surface area contributed by atoms with Gasteiger partial charge in [0.15, 0.2) is 0 Å². The van der Waals surface area contributed by atoms with Crippen LogP contribution in [-0.2, 0) is 11.3 Å². The number of carbonyl (C=O) groups excluding carboxylic acids is 1. The minimum atomic E-state index is -0.0769. The number of amides is 1. The van der Waals surface area contributed by atoms with Crippen molar-refractivity contribution >= 4 is 40.3 Å². The maximum Gasteiger partial charge on any atom is 0.266 e. The Labute approximate surface area is 138 Å². The topological polar surface area (TPSA) is 40.5 Å². The predicted octanol–water partition coefficient (Wildman–Crippen LogP) is 3.79. The Morgan fingerprint density at radius 1 is 1.09 bits per heavy atom. The molecule has 2 aromatic carbocycles. The molecule has 5 heteroatoms. The normalized spacial score (nSPS) is 16.5. The van der Waals surface area contributed by atoms with Gasteiger partial charge in [-0.15, -0.1) is 0 Å². The smallest absolute Gasteiger partial charge is 0.266 e. The highest BCUT2D eigenvalue weighted by molar-refractivity contribution is 8.26. The highest BCUT2D eigenvalue weighted by Gasteiger charge is 2.31. The van der Waals surface area contributed by atoms with E-state index >= 15 is 0 Å². The Bertz CT molecular complexity index is 739. The molecular formula is C17H13NO2S2. The quantitative estimate of drug-likeness (QED) is 0.688. The molecule has 1 saturated heterocycles. The molecule has 0 atom stereocenters. The summed E-state index contributed by atoms with van der Waals surface area (Å²) in [6.07, 6.45) is 1.80. The van der Waals surface area contributed by atoms with Gasteiger partial charge in [0.2, 0.25) is 0 Å². The summed E-state index contributed by atoms with van der Waals surface area (Å²) < 4.78 is 0.568. The Kier molecular flexibility index (Phi) is 4.27. The van der Waals surface area contributed by atoms with E-state index in [1.165, 1.54) is 11.8 Å². The highest BCUT2D eigenvalue weighted by atomic mass is 32.2. The number of thioether (sulfide) groups is 1. The third-order valence-electron chi connectivity index (χ3n) is 3.25. The van der Waals surface area contributed by atoms with Crippen LogP contribution in [0.15, 0.2) is 59.5 Å². The molecule has 0 unspecified atom stereocenters. The number of phenolic OH excluding ortho intramolecular Hbond substituents is 1. The molecule has 0 bridgehead atoms. The van der Waals surface area contributed by atoms with E-state index in [2.05, 4.69) is 0 Å². The summed E-state index contributed by atoms with van der Waals surface area (Å²) in [5.74, 6) is 0.126. The number of rotatable bonds is 3. The molecule has 1 fully saturated rings. The fourth-order valence-corrected chi connectivity index (χ4v) is 3.38. The second-order valence-corrected chi connectivity index (χ2v) is 6.52. The summed E-state index contributed by atoms with van der Waals surface area (Å²) in [7, 11) is 0. The number of thiocarbonyl (C=S) groups is 1. The van der Waals surface area contributed by atoms with E-state index in [9.17, 15) is 9.90 Å². The molecule has 22 heavy (non-hydrogen) atoms. The zero-order chi connectivity index (χ0) is 15.5. The van der Waals surface area contributed by atoms with E-state index in [4.69, 9.17) is 12.2 Å². The largest absolute Gasteiger partial charge is 0.508 e. The first-order valence-corrected chi connectivity index (χ1v) is 7.94. The van der Waals surface area contributed by atoms with Crippen LogP contribution in [-0.4, -0.2) is 20.2 Å². The van der Waals surface area contributed by atoms with Crippen molar-refractivity contribution in [1.82, 2.24) is 4.90 Å². The van der Waals surface area contributed by atoms with Crippen LogP contribution in [0.1, 0.15) is 11.1 Å². The van der Waals surface area contributed by atoms with E-state index in [1.54, 1.807) is 35.2 Å². The van der Waals surface area contributed by atoms with Crippen LogP contribution in [0.4, 0.5) is 0 Å². The molecule has 0 aromatic heterocycles. The third-order valence-corrected chi connectivity index (χ3v) is 4.63. The number of benzene rings is 2. The number of phenols is 1. The van der Waals surface area contributed by atoms with E-state index in [0.717, 1.165) is 11.1 Å². The minimum Gasteiger partial charge on any atom is -0.508 e. The number of nitrogens with zero attached hydrogens (tertiary/aromatic N) is 1. The molecule has 0 spiro atoms. The third kappa shape index (κ3) is 3.21. The molecule has 0 saturated carbocycles. The van der Waals surface area contributed by atoms with E-state index < -0.39 is 0 Å². The lowest BCUT2D eigenvalue weighted by Crippen LogP contribution is -2.27. The average molecular weight is 327 g/mol. The summed E-state index contributed by atoms with van der Waals surface area (Å²) in [5, 5.41) is 9.30. The summed E-state index contributed by atoms with van der Waals surface area (Å²) in [4.78, 5) is 14.7. The van der Waals surface area contributed by atoms with Crippen molar-refractivity contribution < 1.29 is 9.90 Å². The van der Waals surface area contributed by atoms with Crippen molar-refractivity contribution in [2.45, 2.75) is 6.54 Å². The SMILES string of the molecule is O=C1C(=Cc2ccc(O)cc2)SC(=S)N1Cc1ccccc1. The van der Waals surface area contributed by atoms with Gasteiger partial charge in [-0.05, 0) is 29.3 Å². The van der Waals surface area contributed by atoms with Crippen LogP contribution in [0, 0.1) is 0 Å². The molecule has 0 aliphatic carbocycles. The van der Waals surface area contributed by atoms with Gasteiger partial charge in [0.1, 0.15) is 10.1 Å². The van der Waals surface area contributed by atoms with Gasteiger partial charge in [0.05, 0.1) is 11.4 Å². The number of hydrogen-bond donors (Lipinski definition) is 1. The van der Waals surface area contributed by atoms with Crippen LogP contribution in [0.25, 0.3) is 6.08 Å². The lowest BCUT2D eigenvalue weighted by Gasteiger charge is -2.14. The van der Waals surface area contributed by atoms with Gasteiger partial charge in [-0.1, -0.05) is 66.4 Å². The van der Waals surface area contributed by atoms with Crippen molar-refractivity contribution in [3.8, 4) is 5.75 Å².